The van der Waals surface area contributed by atoms with Crippen LogP contribution in [0.4, 0.5) is 5.69 Å². The first-order chi connectivity index (χ1) is 15.4. The minimum absolute atomic E-state index is 0.0171. The lowest BCUT2D eigenvalue weighted by Gasteiger charge is -2.09. The van der Waals surface area contributed by atoms with Crippen LogP contribution in [0.15, 0.2) is 48.5 Å². The molecule has 2 rings (SSSR count). The van der Waals surface area contributed by atoms with Gasteiger partial charge in [-0.1, -0.05) is 20.3 Å². The molecule has 0 saturated carbocycles. The van der Waals surface area contributed by atoms with Crippen molar-refractivity contribution in [3.8, 4) is 5.75 Å². The van der Waals surface area contributed by atoms with Crippen molar-refractivity contribution in [3.63, 3.8) is 0 Å². The number of esters is 2. The van der Waals surface area contributed by atoms with Crippen LogP contribution in [0.25, 0.3) is 0 Å². The van der Waals surface area contributed by atoms with Gasteiger partial charge in [-0.2, -0.15) is 0 Å². The molecule has 32 heavy (non-hydrogen) atoms. The number of anilines is 1. The number of Topliss-reactive ketones (excluding diaryl/α,β-unsaturated/α-hetero) is 1. The quantitative estimate of drug-likeness (QED) is 0.303. The second kappa shape index (κ2) is 12.9. The predicted octanol–water partition coefficient (Wildman–Crippen LogP) is 3.80. The predicted molar refractivity (Wildman–Crippen MR) is 118 cm³/mol. The summed E-state index contributed by atoms with van der Waals surface area (Å²) >= 11 is 0. The molecular weight excluding hydrogens is 414 g/mol. The van der Waals surface area contributed by atoms with Crippen LogP contribution in [0, 0.1) is 0 Å². The topological polar surface area (TPSA) is 108 Å². The summed E-state index contributed by atoms with van der Waals surface area (Å²) in [6, 6.07) is 12.6. The SMILES string of the molecule is CCCCOC(=O)c1ccc(NC(=O)COC(=O)COc2ccc(C(=O)CC)cc2)cc1. The van der Waals surface area contributed by atoms with E-state index in [1.807, 2.05) is 6.92 Å². The number of amides is 1. The third kappa shape index (κ3) is 8.22. The Hall–Kier alpha value is -3.68. The van der Waals surface area contributed by atoms with E-state index in [0.717, 1.165) is 12.8 Å². The number of ether oxygens (including phenoxy) is 3. The Morgan fingerprint density at radius 3 is 2.09 bits per heavy atom. The van der Waals surface area contributed by atoms with Crippen molar-refractivity contribution in [2.24, 2.45) is 0 Å². The number of hydrogen-bond donors (Lipinski definition) is 1. The van der Waals surface area contributed by atoms with Crippen molar-refractivity contribution in [1.29, 1.82) is 0 Å². The highest BCUT2D eigenvalue weighted by atomic mass is 16.6. The van der Waals surface area contributed by atoms with Crippen LogP contribution < -0.4 is 10.1 Å². The van der Waals surface area contributed by atoms with E-state index >= 15 is 0 Å². The number of rotatable bonds is 12. The van der Waals surface area contributed by atoms with E-state index in [2.05, 4.69) is 5.32 Å². The van der Waals surface area contributed by atoms with Gasteiger partial charge in [-0.05, 0) is 55.0 Å². The monoisotopic (exact) mass is 441 g/mol. The molecule has 0 saturated heterocycles. The Bertz CT molecular complexity index is 920. The molecule has 0 aliphatic heterocycles. The van der Waals surface area contributed by atoms with Gasteiger partial charge in [0.15, 0.2) is 19.0 Å². The highest BCUT2D eigenvalue weighted by molar-refractivity contribution is 5.96. The largest absolute Gasteiger partial charge is 0.482 e. The molecule has 0 aliphatic rings. The van der Waals surface area contributed by atoms with Crippen LogP contribution in [0.5, 0.6) is 5.75 Å². The van der Waals surface area contributed by atoms with E-state index in [1.165, 1.54) is 0 Å². The maximum absolute atomic E-state index is 12.0. The first-order valence-corrected chi connectivity index (χ1v) is 10.4. The maximum Gasteiger partial charge on any atom is 0.344 e. The Kier molecular flexibility index (Phi) is 9.90. The zero-order valence-electron chi connectivity index (χ0n) is 18.2. The van der Waals surface area contributed by atoms with Crippen LogP contribution >= 0.6 is 0 Å². The zero-order chi connectivity index (χ0) is 23.3. The molecule has 2 aromatic carbocycles. The molecule has 0 fully saturated rings. The average Bonchev–Trinajstić information content (AvgIpc) is 2.81. The van der Waals surface area contributed by atoms with E-state index in [9.17, 15) is 19.2 Å². The van der Waals surface area contributed by atoms with Gasteiger partial charge in [0.1, 0.15) is 5.75 Å². The Labute approximate surface area is 186 Å². The fourth-order valence-corrected chi connectivity index (χ4v) is 2.55. The molecule has 0 aliphatic carbocycles. The fourth-order valence-electron chi connectivity index (χ4n) is 2.55. The summed E-state index contributed by atoms with van der Waals surface area (Å²) in [4.78, 5) is 47.2. The van der Waals surface area contributed by atoms with Gasteiger partial charge in [0.2, 0.25) is 0 Å². The molecule has 0 atom stereocenters. The van der Waals surface area contributed by atoms with Crippen molar-refractivity contribution >= 4 is 29.3 Å². The molecule has 0 unspecified atom stereocenters. The van der Waals surface area contributed by atoms with Crippen LogP contribution in [-0.2, 0) is 19.1 Å². The molecule has 1 N–H and O–H groups in total. The number of hydrogen-bond acceptors (Lipinski definition) is 7. The van der Waals surface area contributed by atoms with Gasteiger partial charge >= 0.3 is 11.9 Å². The van der Waals surface area contributed by atoms with Crippen molar-refractivity contribution in [2.45, 2.75) is 33.1 Å². The number of unbranched alkanes of at least 4 members (excludes halogenated alkanes) is 1. The lowest BCUT2D eigenvalue weighted by Crippen LogP contribution is -2.23. The molecule has 8 nitrogen and oxygen atoms in total. The molecule has 0 radical (unpaired) electrons. The maximum atomic E-state index is 12.0. The number of ketones is 1. The van der Waals surface area contributed by atoms with Gasteiger partial charge in [0.05, 0.1) is 12.2 Å². The Morgan fingerprint density at radius 2 is 1.47 bits per heavy atom. The molecule has 1 amide bonds. The fraction of sp³-hybridized carbons (Fsp3) is 0.333. The van der Waals surface area contributed by atoms with E-state index in [0.29, 0.717) is 35.6 Å². The molecule has 0 aromatic heterocycles. The van der Waals surface area contributed by atoms with Gasteiger partial charge in [-0.15, -0.1) is 0 Å². The smallest absolute Gasteiger partial charge is 0.344 e. The molecule has 2 aromatic rings. The first-order valence-electron chi connectivity index (χ1n) is 10.4. The van der Waals surface area contributed by atoms with Gasteiger partial charge in [-0.25, -0.2) is 9.59 Å². The highest BCUT2D eigenvalue weighted by Gasteiger charge is 2.11. The summed E-state index contributed by atoms with van der Waals surface area (Å²) in [5.74, 6) is -1.23. The van der Waals surface area contributed by atoms with Crippen molar-refractivity contribution < 1.29 is 33.4 Å². The summed E-state index contributed by atoms with van der Waals surface area (Å²) in [6.07, 6.45) is 2.14. The van der Waals surface area contributed by atoms with Gasteiger partial charge in [0.25, 0.3) is 5.91 Å². The van der Waals surface area contributed by atoms with E-state index in [1.54, 1.807) is 55.5 Å². The highest BCUT2D eigenvalue weighted by Crippen LogP contribution is 2.14. The lowest BCUT2D eigenvalue weighted by molar-refractivity contribution is -0.149. The van der Waals surface area contributed by atoms with Crippen molar-refractivity contribution in [1.82, 2.24) is 0 Å². The van der Waals surface area contributed by atoms with E-state index in [-0.39, 0.29) is 12.4 Å². The van der Waals surface area contributed by atoms with E-state index in [4.69, 9.17) is 14.2 Å². The molecular formula is C24H27NO7. The third-order valence-corrected chi connectivity index (χ3v) is 4.35. The second-order valence-electron chi connectivity index (χ2n) is 6.87. The van der Waals surface area contributed by atoms with Crippen LogP contribution in [0.1, 0.15) is 53.8 Å². The zero-order valence-corrected chi connectivity index (χ0v) is 18.2. The summed E-state index contributed by atoms with van der Waals surface area (Å²) in [7, 11) is 0. The van der Waals surface area contributed by atoms with Crippen molar-refractivity contribution in [3.05, 3.63) is 59.7 Å². The molecule has 0 heterocycles. The lowest BCUT2D eigenvalue weighted by atomic mass is 10.1. The number of carbonyl (C=O) groups is 4. The van der Waals surface area contributed by atoms with Gasteiger partial charge in [-0.3, -0.25) is 9.59 Å². The number of nitrogens with one attached hydrogen (secondary N) is 1. The van der Waals surface area contributed by atoms with Gasteiger partial charge < -0.3 is 19.5 Å². The Balaban J connectivity index is 1.71. The summed E-state index contributed by atoms with van der Waals surface area (Å²) in [5, 5.41) is 2.57. The summed E-state index contributed by atoms with van der Waals surface area (Å²) in [5.41, 5.74) is 1.41. The van der Waals surface area contributed by atoms with Crippen molar-refractivity contribution in [2.75, 3.05) is 25.1 Å². The molecule has 170 valence electrons. The number of benzene rings is 2. The second-order valence-corrected chi connectivity index (χ2v) is 6.87. The van der Waals surface area contributed by atoms with Gasteiger partial charge in [0, 0.05) is 17.7 Å². The van der Waals surface area contributed by atoms with Crippen LogP contribution in [0.2, 0.25) is 0 Å². The molecule has 0 bridgehead atoms. The number of carbonyl (C=O) groups excluding carboxylic acids is 4. The van der Waals surface area contributed by atoms with Crippen LogP contribution in [-0.4, -0.2) is 43.4 Å². The summed E-state index contributed by atoms with van der Waals surface area (Å²) < 4.78 is 15.3. The average molecular weight is 441 g/mol. The minimum Gasteiger partial charge on any atom is -0.482 e. The molecule has 0 spiro atoms. The first kappa shape index (κ1) is 24.6. The molecule has 8 heteroatoms. The minimum atomic E-state index is -0.709. The van der Waals surface area contributed by atoms with Crippen LogP contribution in [0.3, 0.4) is 0 Å². The third-order valence-electron chi connectivity index (χ3n) is 4.35. The normalized spacial score (nSPS) is 10.2. The summed E-state index contributed by atoms with van der Waals surface area (Å²) in [6.45, 7) is 3.30. The standard InChI is InChI=1S/C24H27NO7/c1-3-5-14-30-24(29)18-6-10-19(11-7-18)25-22(27)15-32-23(28)16-31-20-12-8-17(9-13-20)21(26)4-2/h6-13H,3-5,14-16H2,1-2H3,(H,25,27). The Morgan fingerprint density at radius 1 is 0.812 bits per heavy atom. The van der Waals surface area contributed by atoms with E-state index < -0.39 is 24.5 Å².